The van der Waals surface area contributed by atoms with Crippen molar-refractivity contribution in [3.63, 3.8) is 0 Å². The van der Waals surface area contributed by atoms with Crippen LogP contribution < -0.4 is 5.32 Å². The molecule has 112 valence electrons. The van der Waals surface area contributed by atoms with Gasteiger partial charge in [-0.3, -0.25) is 10.1 Å². The van der Waals surface area contributed by atoms with Crippen LogP contribution >= 0.6 is 0 Å². The van der Waals surface area contributed by atoms with Crippen LogP contribution in [0.2, 0.25) is 0 Å². The number of methoxy groups -OCH3 is 2. The van der Waals surface area contributed by atoms with Gasteiger partial charge in [0.05, 0.1) is 19.8 Å². The van der Waals surface area contributed by atoms with Crippen LogP contribution in [0.25, 0.3) is 0 Å². The van der Waals surface area contributed by atoms with Crippen LogP contribution in [0.5, 0.6) is 0 Å². The molecule has 0 amide bonds. The molecular formula is C16H25NO3. The normalized spacial score (nSPS) is 14.7. The SMILES string of the molecule is COC[C@H](N[C@@H](C(=O)OC)C(C)(C)C)c1ccccc1. The lowest BCUT2D eigenvalue weighted by Crippen LogP contribution is -2.49. The zero-order valence-electron chi connectivity index (χ0n) is 13.0. The van der Waals surface area contributed by atoms with Crippen molar-refractivity contribution in [3.05, 3.63) is 35.9 Å². The van der Waals surface area contributed by atoms with E-state index in [1.807, 2.05) is 51.1 Å². The Bertz CT molecular complexity index is 411. The van der Waals surface area contributed by atoms with E-state index in [9.17, 15) is 4.79 Å². The van der Waals surface area contributed by atoms with Crippen molar-refractivity contribution >= 4 is 5.97 Å². The Morgan fingerprint density at radius 3 is 2.25 bits per heavy atom. The number of benzene rings is 1. The van der Waals surface area contributed by atoms with Crippen LogP contribution in [-0.4, -0.2) is 32.8 Å². The number of hydrogen-bond acceptors (Lipinski definition) is 4. The number of ether oxygens (including phenoxy) is 2. The van der Waals surface area contributed by atoms with Crippen molar-refractivity contribution in [3.8, 4) is 0 Å². The quantitative estimate of drug-likeness (QED) is 0.813. The van der Waals surface area contributed by atoms with Crippen molar-refractivity contribution in [2.45, 2.75) is 32.9 Å². The van der Waals surface area contributed by atoms with Gasteiger partial charge in [0.25, 0.3) is 0 Å². The summed E-state index contributed by atoms with van der Waals surface area (Å²) in [6.45, 7) is 6.52. The average molecular weight is 279 g/mol. The zero-order valence-corrected chi connectivity index (χ0v) is 13.0. The fourth-order valence-electron chi connectivity index (χ4n) is 2.08. The Kier molecular flexibility index (Phi) is 6.17. The maximum absolute atomic E-state index is 12.0. The van der Waals surface area contributed by atoms with E-state index in [0.29, 0.717) is 6.61 Å². The molecule has 0 aromatic heterocycles. The predicted molar refractivity (Wildman–Crippen MR) is 79.5 cm³/mol. The molecular weight excluding hydrogens is 254 g/mol. The minimum Gasteiger partial charge on any atom is -0.468 e. The third-order valence-corrected chi connectivity index (χ3v) is 3.21. The number of rotatable bonds is 6. The van der Waals surface area contributed by atoms with E-state index in [1.165, 1.54) is 7.11 Å². The topological polar surface area (TPSA) is 47.6 Å². The van der Waals surface area contributed by atoms with Crippen LogP contribution in [0.15, 0.2) is 30.3 Å². The van der Waals surface area contributed by atoms with Gasteiger partial charge in [0.1, 0.15) is 6.04 Å². The van der Waals surface area contributed by atoms with Gasteiger partial charge in [-0.15, -0.1) is 0 Å². The monoisotopic (exact) mass is 279 g/mol. The summed E-state index contributed by atoms with van der Waals surface area (Å²) in [4.78, 5) is 12.0. The summed E-state index contributed by atoms with van der Waals surface area (Å²) in [5.74, 6) is -0.255. The van der Waals surface area contributed by atoms with Crippen LogP contribution in [0.4, 0.5) is 0 Å². The van der Waals surface area contributed by atoms with Gasteiger partial charge in [0.2, 0.25) is 0 Å². The third-order valence-electron chi connectivity index (χ3n) is 3.21. The molecule has 0 radical (unpaired) electrons. The summed E-state index contributed by atoms with van der Waals surface area (Å²) in [6.07, 6.45) is 0. The second-order valence-corrected chi connectivity index (χ2v) is 5.91. The maximum Gasteiger partial charge on any atom is 0.323 e. The van der Waals surface area contributed by atoms with E-state index >= 15 is 0 Å². The summed E-state index contributed by atoms with van der Waals surface area (Å²) in [6, 6.07) is 9.52. The van der Waals surface area contributed by atoms with Gasteiger partial charge in [-0.1, -0.05) is 51.1 Å². The van der Waals surface area contributed by atoms with Crippen molar-refractivity contribution in [2.75, 3.05) is 20.8 Å². The smallest absolute Gasteiger partial charge is 0.323 e. The van der Waals surface area contributed by atoms with E-state index in [-0.39, 0.29) is 17.4 Å². The molecule has 1 aromatic carbocycles. The molecule has 4 nitrogen and oxygen atoms in total. The fraction of sp³-hybridized carbons (Fsp3) is 0.562. The van der Waals surface area contributed by atoms with Gasteiger partial charge in [-0.2, -0.15) is 0 Å². The van der Waals surface area contributed by atoms with Gasteiger partial charge in [-0.25, -0.2) is 0 Å². The molecule has 1 aromatic rings. The first-order chi connectivity index (χ1) is 9.40. The predicted octanol–water partition coefficient (Wildman–Crippen LogP) is 2.55. The molecule has 4 heteroatoms. The largest absolute Gasteiger partial charge is 0.468 e. The van der Waals surface area contributed by atoms with Crippen LogP contribution in [-0.2, 0) is 14.3 Å². The standard InChI is InChI=1S/C16H25NO3/c1-16(2,3)14(15(18)20-5)17-13(11-19-4)12-9-7-6-8-10-12/h6-10,13-14,17H,11H2,1-5H3/t13-,14-/m0/s1. The Balaban J connectivity index is 2.95. The molecule has 0 fully saturated rings. The lowest BCUT2D eigenvalue weighted by Gasteiger charge is -2.33. The molecule has 2 atom stereocenters. The van der Waals surface area contributed by atoms with E-state index in [2.05, 4.69) is 5.32 Å². The maximum atomic E-state index is 12.0. The minimum absolute atomic E-state index is 0.0514. The summed E-state index contributed by atoms with van der Waals surface area (Å²) in [5, 5.41) is 3.36. The highest BCUT2D eigenvalue weighted by molar-refractivity contribution is 5.76. The fourth-order valence-corrected chi connectivity index (χ4v) is 2.08. The van der Waals surface area contributed by atoms with Crippen molar-refractivity contribution in [1.29, 1.82) is 0 Å². The molecule has 20 heavy (non-hydrogen) atoms. The van der Waals surface area contributed by atoms with Crippen LogP contribution in [0.1, 0.15) is 32.4 Å². The van der Waals surface area contributed by atoms with Crippen molar-refractivity contribution in [1.82, 2.24) is 5.32 Å². The highest BCUT2D eigenvalue weighted by atomic mass is 16.5. The van der Waals surface area contributed by atoms with E-state index in [1.54, 1.807) is 7.11 Å². The Labute approximate surface area is 121 Å². The number of carbonyl (C=O) groups excluding carboxylic acids is 1. The Hall–Kier alpha value is -1.39. The molecule has 0 heterocycles. The van der Waals surface area contributed by atoms with E-state index in [4.69, 9.17) is 9.47 Å². The first kappa shape index (κ1) is 16.7. The highest BCUT2D eigenvalue weighted by Gasteiger charge is 2.34. The Morgan fingerprint density at radius 2 is 1.80 bits per heavy atom. The molecule has 0 aliphatic rings. The molecule has 0 spiro atoms. The summed E-state index contributed by atoms with van der Waals surface area (Å²) < 4.78 is 10.2. The zero-order chi connectivity index (χ0) is 15.2. The second-order valence-electron chi connectivity index (χ2n) is 5.91. The lowest BCUT2D eigenvalue weighted by molar-refractivity contribution is -0.146. The first-order valence-electron chi connectivity index (χ1n) is 6.78. The first-order valence-corrected chi connectivity index (χ1v) is 6.78. The molecule has 1 rings (SSSR count). The highest BCUT2D eigenvalue weighted by Crippen LogP contribution is 2.24. The minimum atomic E-state index is -0.396. The van der Waals surface area contributed by atoms with Crippen LogP contribution in [0, 0.1) is 5.41 Å². The number of esters is 1. The summed E-state index contributed by atoms with van der Waals surface area (Å²) in [5.41, 5.74) is 0.848. The second kappa shape index (κ2) is 7.41. The molecule has 0 bridgehead atoms. The third kappa shape index (κ3) is 4.62. The molecule has 0 aliphatic carbocycles. The molecule has 0 saturated carbocycles. The van der Waals surface area contributed by atoms with E-state index in [0.717, 1.165) is 5.56 Å². The molecule has 1 N–H and O–H groups in total. The van der Waals surface area contributed by atoms with Crippen molar-refractivity contribution < 1.29 is 14.3 Å². The van der Waals surface area contributed by atoms with Gasteiger partial charge >= 0.3 is 5.97 Å². The van der Waals surface area contributed by atoms with Crippen molar-refractivity contribution in [2.24, 2.45) is 5.41 Å². The molecule has 0 unspecified atom stereocenters. The number of hydrogen-bond donors (Lipinski definition) is 1. The van der Waals surface area contributed by atoms with Gasteiger partial charge in [0, 0.05) is 7.11 Å². The van der Waals surface area contributed by atoms with Crippen LogP contribution in [0.3, 0.4) is 0 Å². The van der Waals surface area contributed by atoms with E-state index < -0.39 is 6.04 Å². The van der Waals surface area contributed by atoms with Gasteiger partial charge < -0.3 is 9.47 Å². The lowest BCUT2D eigenvalue weighted by atomic mass is 9.86. The summed E-state index contributed by atoms with van der Waals surface area (Å²) in [7, 11) is 3.07. The number of nitrogens with one attached hydrogen (secondary N) is 1. The van der Waals surface area contributed by atoms with Gasteiger partial charge in [-0.05, 0) is 11.0 Å². The average Bonchev–Trinajstić information content (AvgIpc) is 2.42. The Morgan fingerprint density at radius 1 is 1.20 bits per heavy atom. The molecule has 0 aliphatic heterocycles. The van der Waals surface area contributed by atoms with Gasteiger partial charge in [0.15, 0.2) is 0 Å². The molecule has 0 saturated heterocycles. The number of carbonyl (C=O) groups is 1. The summed E-state index contributed by atoms with van der Waals surface area (Å²) >= 11 is 0.